The predicted molar refractivity (Wildman–Crippen MR) is 108 cm³/mol. The minimum atomic E-state index is -4.89. The first-order valence-electron chi connectivity index (χ1n) is 9.11. The third-order valence-corrected chi connectivity index (χ3v) is 6.05. The van der Waals surface area contributed by atoms with E-state index in [0.29, 0.717) is 0 Å². The van der Waals surface area contributed by atoms with Crippen molar-refractivity contribution in [2.45, 2.75) is 50.1 Å². The number of halogens is 8. The Labute approximate surface area is 186 Å². The van der Waals surface area contributed by atoms with Gasteiger partial charge in [0, 0.05) is 22.0 Å². The molecule has 2 nitrogen and oxygen atoms in total. The molecule has 0 spiro atoms. The van der Waals surface area contributed by atoms with Crippen molar-refractivity contribution in [3.63, 3.8) is 0 Å². The maximum atomic E-state index is 14.2. The maximum Gasteiger partial charge on any atom is 0.432 e. The molecular formula is C20H18Cl2F6O2Si. The van der Waals surface area contributed by atoms with Crippen LogP contribution in [0.1, 0.15) is 22.8 Å². The van der Waals surface area contributed by atoms with Gasteiger partial charge in [-0.3, -0.25) is 0 Å². The third kappa shape index (κ3) is 4.99. The molecular weight excluding hydrogens is 485 g/mol. The summed E-state index contributed by atoms with van der Waals surface area (Å²) in [6, 6.07) is 6.69. The van der Waals surface area contributed by atoms with Crippen LogP contribution in [0.15, 0.2) is 36.4 Å². The van der Waals surface area contributed by atoms with Gasteiger partial charge < -0.3 is 9.16 Å². The molecule has 170 valence electrons. The van der Waals surface area contributed by atoms with E-state index in [1.165, 1.54) is 6.07 Å². The van der Waals surface area contributed by atoms with Crippen LogP contribution in [-0.2, 0) is 16.4 Å². The van der Waals surface area contributed by atoms with Gasteiger partial charge in [0.2, 0.25) is 5.60 Å². The molecule has 0 aromatic heterocycles. The molecule has 1 aliphatic rings. The minimum Gasteiger partial charge on any atom is -0.472 e. The highest BCUT2D eigenvalue weighted by atomic mass is 35.5. The van der Waals surface area contributed by atoms with Crippen molar-refractivity contribution in [3.8, 4) is 5.75 Å². The molecule has 2 unspecified atom stereocenters. The van der Waals surface area contributed by atoms with Crippen LogP contribution in [0.4, 0.5) is 26.3 Å². The fraction of sp³-hybridized carbons (Fsp3) is 0.400. The average molecular weight is 503 g/mol. The Bertz CT molecular complexity index is 967. The van der Waals surface area contributed by atoms with Gasteiger partial charge in [0.1, 0.15) is 5.75 Å². The van der Waals surface area contributed by atoms with Crippen molar-refractivity contribution in [1.29, 1.82) is 0 Å². The summed E-state index contributed by atoms with van der Waals surface area (Å²) in [6.07, 6.45) is -12.6. The molecule has 0 saturated heterocycles. The van der Waals surface area contributed by atoms with Crippen molar-refractivity contribution >= 4 is 31.5 Å². The smallest absolute Gasteiger partial charge is 0.432 e. The van der Waals surface area contributed by atoms with Crippen LogP contribution in [0.3, 0.4) is 0 Å². The highest BCUT2D eigenvalue weighted by Gasteiger charge is 2.61. The molecule has 0 radical (unpaired) electrons. The van der Waals surface area contributed by atoms with Gasteiger partial charge in [-0.05, 0) is 61.1 Å². The molecule has 31 heavy (non-hydrogen) atoms. The summed E-state index contributed by atoms with van der Waals surface area (Å²) >= 11 is 11.8. The first-order chi connectivity index (χ1) is 14.0. The van der Waals surface area contributed by atoms with Gasteiger partial charge in [-0.1, -0.05) is 29.3 Å². The Morgan fingerprint density at radius 3 is 2.03 bits per heavy atom. The van der Waals surface area contributed by atoms with Gasteiger partial charge in [-0.2, -0.15) is 26.3 Å². The van der Waals surface area contributed by atoms with E-state index >= 15 is 0 Å². The summed E-state index contributed by atoms with van der Waals surface area (Å²) in [7, 11) is -2.62. The Morgan fingerprint density at radius 1 is 0.968 bits per heavy atom. The molecule has 1 heterocycles. The Morgan fingerprint density at radius 2 is 1.55 bits per heavy atom. The van der Waals surface area contributed by atoms with Gasteiger partial charge in [0.25, 0.3) is 0 Å². The summed E-state index contributed by atoms with van der Waals surface area (Å²) < 4.78 is 94.1. The summed E-state index contributed by atoms with van der Waals surface area (Å²) in [6.45, 7) is 4.79. The van der Waals surface area contributed by atoms with Crippen LogP contribution in [0, 0.1) is 0 Å². The molecule has 1 aliphatic heterocycles. The van der Waals surface area contributed by atoms with Crippen LogP contribution in [0.25, 0.3) is 0 Å². The molecule has 0 aliphatic carbocycles. The number of benzene rings is 2. The molecule has 0 N–H and O–H groups in total. The van der Waals surface area contributed by atoms with Crippen LogP contribution >= 0.6 is 23.2 Å². The molecule has 2 aromatic carbocycles. The normalized spacial score (nSPS) is 20.4. The minimum absolute atomic E-state index is 0.0145. The van der Waals surface area contributed by atoms with Gasteiger partial charge in [0.15, 0.2) is 14.4 Å². The predicted octanol–water partition coefficient (Wildman–Crippen LogP) is 7.84. The first-order valence-corrected chi connectivity index (χ1v) is 13.3. The Kier molecular flexibility index (Phi) is 6.14. The highest BCUT2D eigenvalue weighted by Crippen LogP contribution is 2.52. The number of alkyl halides is 6. The lowest BCUT2D eigenvalue weighted by atomic mass is 9.88. The molecule has 0 bridgehead atoms. The van der Waals surface area contributed by atoms with E-state index in [-0.39, 0.29) is 32.5 Å². The molecule has 11 heteroatoms. The van der Waals surface area contributed by atoms with Crippen molar-refractivity contribution in [2.75, 3.05) is 0 Å². The number of hydrogen-bond acceptors (Lipinski definition) is 2. The number of rotatable bonds is 4. The van der Waals surface area contributed by atoms with Gasteiger partial charge in [0.05, 0.1) is 0 Å². The quantitative estimate of drug-likeness (QED) is 0.313. The van der Waals surface area contributed by atoms with Crippen LogP contribution in [0.5, 0.6) is 5.75 Å². The van der Waals surface area contributed by atoms with Crippen LogP contribution in [-0.4, -0.2) is 20.7 Å². The van der Waals surface area contributed by atoms with E-state index in [4.69, 9.17) is 32.4 Å². The van der Waals surface area contributed by atoms with Gasteiger partial charge in [-0.15, -0.1) is 0 Å². The van der Waals surface area contributed by atoms with Gasteiger partial charge in [-0.25, -0.2) is 0 Å². The van der Waals surface area contributed by atoms with Crippen LogP contribution < -0.4 is 4.74 Å². The van der Waals surface area contributed by atoms with E-state index in [1.807, 2.05) is 0 Å². The second-order valence-corrected chi connectivity index (χ2v) is 13.6. The fourth-order valence-electron chi connectivity index (χ4n) is 3.44. The summed E-state index contributed by atoms with van der Waals surface area (Å²) in [5, 5.41) is -0.0425. The lowest BCUT2D eigenvalue weighted by Crippen LogP contribution is -2.46. The fourth-order valence-corrected chi connectivity index (χ4v) is 4.94. The number of fused-ring (bicyclic) bond motifs is 1. The largest absolute Gasteiger partial charge is 0.472 e. The standard InChI is InChI=1S/C20H18Cl2F6O2Si/c1-31(2,3)30-17(19(23,24)25)11-4-5-16-12(6-11)10-18(29-16,20(26,27)28)13-7-14(21)9-15(22)8-13/h4-9,17H,10H2,1-3H3. The lowest BCUT2D eigenvalue weighted by molar-refractivity contribution is -0.248. The second kappa shape index (κ2) is 7.86. The topological polar surface area (TPSA) is 18.5 Å². The molecule has 0 saturated carbocycles. The van der Waals surface area contributed by atoms with E-state index in [9.17, 15) is 26.3 Å². The SMILES string of the molecule is C[Si](C)(C)OC(c1ccc2c(c1)CC(c1cc(Cl)cc(Cl)c1)(C(F)(F)F)O2)C(F)(F)F. The summed E-state index contributed by atoms with van der Waals surface area (Å²) in [5.41, 5.74) is -3.45. The zero-order valence-corrected chi connectivity index (χ0v) is 19.1. The monoisotopic (exact) mass is 502 g/mol. The number of hydrogen-bond donors (Lipinski definition) is 0. The molecule has 3 rings (SSSR count). The Hall–Kier alpha value is -1.42. The van der Waals surface area contributed by atoms with E-state index in [0.717, 1.165) is 30.3 Å². The van der Waals surface area contributed by atoms with E-state index in [1.54, 1.807) is 19.6 Å². The second-order valence-electron chi connectivity index (χ2n) is 8.28. The molecule has 2 atom stereocenters. The van der Waals surface area contributed by atoms with Crippen molar-refractivity contribution in [1.82, 2.24) is 0 Å². The first kappa shape index (κ1) is 24.2. The lowest BCUT2D eigenvalue weighted by Gasteiger charge is -2.31. The highest BCUT2D eigenvalue weighted by molar-refractivity contribution is 6.69. The summed E-state index contributed by atoms with van der Waals surface area (Å²) in [4.78, 5) is 0. The maximum absolute atomic E-state index is 14.2. The zero-order chi connectivity index (χ0) is 23.4. The average Bonchev–Trinajstić information content (AvgIpc) is 2.97. The number of ether oxygens (including phenoxy) is 1. The van der Waals surface area contributed by atoms with Crippen molar-refractivity contribution in [3.05, 3.63) is 63.1 Å². The van der Waals surface area contributed by atoms with E-state index in [2.05, 4.69) is 0 Å². The molecule has 0 fully saturated rings. The van der Waals surface area contributed by atoms with Crippen molar-refractivity contribution < 1.29 is 35.5 Å². The molecule has 0 amide bonds. The summed E-state index contributed by atoms with van der Waals surface area (Å²) in [5.74, 6) is -0.161. The Balaban J connectivity index is 2.08. The van der Waals surface area contributed by atoms with E-state index < -0.39 is 38.8 Å². The van der Waals surface area contributed by atoms with Crippen molar-refractivity contribution in [2.24, 2.45) is 0 Å². The zero-order valence-electron chi connectivity index (χ0n) is 16.6. The van der Waals surface area contributed by atoms with Crippen LogP contribution in [0.2, 0.25) is 29.7 Å². The van der Waals surface area contributed by atoms with Gasteiger partial charge >= 0.3 is 12.4 Å². The third-order valence-electron chi connectivity index (χ3n) is 4.67. The molecule has 2 aromatic rings.